The van der Waals surface area contributed by atoms with Crippen molar-refractivity contribution < 1.29 is 14.3 Å². The summed E-state index contributed by atoms with van der Waals surface area (Å²) in [6.45, 7) is 4.42. The Kier molecular flexibility index (Phi) is 4.88. The third-order valence-electron chi connectivity index (χ3n) is 5.75. The molecule has 2 aliphatic heterocycles. The molecule has 3 heterocycles. The topological polar surface area (TPSA) is 68.9 Å². The van der Waals surface area contributed by atoms with Crippen LogP contribution in [0.2, 0.25) is 0 Å². The second kappa shape index (κ2) is 7.32. The van der Waals surface area contributed by atoms with E-state index in [2.05, 4.69) is 27.9 Å². The minimum atomic E-state index is -0.568. The molecule has 4 rings (SSSR count). The number of carbonyl (C=O) groups excluding carboxylic acids is 2. The molecule has 0 radical (unpaired) electrons. The van der Waals surface area contributed by atoms with Crippen LogP contribution < -0.4 is 0 Å². The summed E-state index contributed by atoms with van der Waals surface area (Å²) in [4.78, 5) is 35.0. The van der Waals surface area contributed by atoms with Crippen molar-refractivity contribution in [3.63, 3.8) is 0 Å². The number of methoxy groups -OCH3 is 1. The fourth-order valence-corrected chi connectivity index (χ4v) is 4.10. The number of amides is 1. The van der Waals surface area contributed by atoms with E-state index in [1.54, 1.807) is 4.90 Å². The molecule has 7 heteroatoms. The van der Waals surface area contributed by atoms with Gasteiger partial charge in [0.1, 0.15) is 6.04 Å². The molecule has 27 heavy (non-hydrogen) atoms. The number of aromatic amines is 1. The average Bonchev–Trinajstić information content (AvgIpc) is 3.05. The summed E-state index contributed by atoms with van der Waals surface area (Å²) in [5, 5.41) is 1.12. The average molecular weight is 370 g/mol. The lowest BCUT2D eigenvalue weighted by molar-refractivity contribution is -0.154. The summed E-state index contributed by atoms with van der Waals surface area (Å²) in [6.07, 6.45) is 0.487. The van der Waals surface area contributed by atoms with Gasteiger partial charge in [-0.05, 0) is 18.7 Å². The summed E-state index contributed by atoms with van der Waals surface area (Å²) in [7, 11) is 3.48. The van der Waals surface area contributed by atoms with Gasteiger partial charge in [0.15, 0.2) is 0 Å². The quantitative estimate of drug-likeness (QED) is 0.811. The van der Waals surface area contributed by atoms with Crippen LogP contribution >= 0.6 is 0 Å². The van der Waals surface area contributed by atoms with Crippen molar-refractivity contribution in [3.05, 3.63) is 35.5 Å². The summed E-state index contributed by atoms with van der Waals surface area (Å²) in [5.74, 6) is -0.364. The van der Waals surface area contributed by atoms with E-state index in [-0.39, 0.29) is 11.9 Å². The van der Waals surface area contributed by atoms with Crippen molar-refractivity contribution in [2.75, 3.05) is 46.9 Å². The number of aromatic nitrogens is 1. The van der Waals surface area contributed by atoms with Gasteiger partial charge < -0.3 is 19.5 Å². The van der Waals surface area contributed by atoms with Crippen LogP contribution in [0.25, 0.3) is 10.9 Å². The highest BCUT2D eigenvalue weighted by molar-refractivity contribution is 5.90. The van der Waals surface area contributed by atoms with Crippen molar-refractivity contribution in [1.29, 1.82) is 0 Å². The second-order valence-electron chi connectivity index (χ2n) is 7.47. The Labute approximate surface area is 158 Å². The minimum absolute atomic E-state index is 0.0146. The van der Waals surface area contributed by atoms with Crippen LogP contribution in [0.1, 0.15) is 11.3 Å². The maximum atomic E-state index is 13.1. The van der Waals surface area contributed by atoms with E-state index in [0.29, 0.717) is 19.5 Å². The van der Waals surface area contributed by atoms with Gasteiger partial charge in [-0.3, -0.25) is 9.69 Å². The van der Waals surface area contributed by atoms with Crippen molar-refractivity contribution in [2.24, 2.45) is 0 Å². The molecule has 1 aromatic carbocycles. The number of rotatable bonds is 3. The Balaban J connectivity index is 1.58. The number of nitrogens with one attached hydrogen (secondary N) is 1. The molecule has 2 aromatic rings. The maximum absolute atomic E-state index is 13.1. The lowest BCUT2D eigenvalue weighted by Gasteiger charge is -2.37. The molecule has 0 spiro atoms. The number of likely N-dealkylation sites (N-methyl/N-ethyl adjacent to an activating group) is 1. The van der Waals surface area contributed by atoms with Crippen LogP contribution in [0.15, 0.2) is 24.3 Å². The monoisotopic (exact) mass is 370 g/mol. The van der Waals surface area contributed by atoms with E-state index >= 15 is 0 Å². The van der Waals surface area contributed by atoms with Crippen LogP contribution in [0.4, 0.5) is 0 Å². The first-order valence-electron chi connectivity index (χ1n) is 9.43. The molecule has 0 bridgehead atoms. The number of hydrogen-bond donors (Lipinski definition) is 1. The van der Waals surface area contributed by atoms with Gasteiger partial charge in [0, 0.05) is 49.2 Å². The molecule has 0 saturated carbocycles. The standard InChI is InChI=1S/C20H26N4O3/c1-22-7-9-23(10-8-22)13-19(25)24-12-17-15(11-18(24)20(26)27-2)14-5-3-4-6-16(14)21-17/h3-6,18,21H,7-13H2,1-2H3/t18-/m1/s1. The molecular weight excluding hydrogens is 344 g/mol. The minimum Gasteiger partial charge on any atom is -0.467 e. The number of nitrogens with zero attached hydrogens (tertiary/aromatic N) is 3. The molecule has 1 saturated heterocycles. The summed E-state index contributed by atoms with van der Waals surface area (Å²) in [6, 6.07) is 7.49. The van der Waals surface area contributed by atoms with Crippen molar-refractivity contribution in [2.45, 2.75) is 19.0 Å². The molecule has 1 amide bonds. The summed E-state index contributed by atoms with van der Waals surface area (Å²) >= 11 is 0. The van der Waals surface area contributed by atoms with Crippen LogP contribution in [0.3, 0.4) is 0 Å². The van der Waals surface area contributed by atoms with Gasteiger partial charge in [-0.25, -0.2) is 4.79 Å². The number of piperazine rings is 1. The van der Waals surface area contributed by atoms with E-state index in [1.165, 1.54) is 7.11 Å². The van der Waals surface area contributed by atoms with E-state index in [4.69, 9.17) is 4.74 Å². The van der Waals surface area contributed by atoms with Gasteiger partial charge >= 0.3 is 5.97 Å². The van der Waals surface area contributed by atoms with Crippen LogP contribution in [0, 0.1) is 0 Å². The highest BCUT2D eigenvalue weighted by Gasteiger charge is 2.37. The lowest BCUT2D eigenvalue weighted by atomic mass is 9.96. The van der Waals surface area contributed by atoms with Crippen LogP contribution in [-0.2, 0) is 27.3 Å². The van der Waals surface area contributed by atoms with Gasteiger partial charge in [0.25, 0.3) is 0 Å². The highest BCUT2D eigenvalue weighted by atomic mass is 16.5. The largest absolute Gasteiger partial charge is 0.467 e. The number of para-hydroxylation sites is 1. The van der Waals surface area contributed by atoms with E-state index in [9.17, 15) is 9.59 Å². The van der Waals surface area contributed by atoms with E-state index in [0.717, 1.165) is 48.3 Å². The SMILES string of the molecule is COC(=O)[C@H]1Cc2c([nH]c3ccccc23)CN1C(=O)CN1CCN(C)CC1. The molecule has 0 unspecified atom stereocenters. The Bertz CT molecular complexity index is 854. The lowest BCUT2D eigenvalue weighted by Crippen LogP contribution is -2.54. The molecule has 1 aromatic heterocycles. The number of ether oxygens (including phenoxy) is 1. The Morgan fingerprint density at radius 1 is 1.19 bits per heavy atom. The van der Waals surface area contributed by atoms with Gasteiger partial charge in [0.2, 0.25) is 5.91 Å². The maximum Gasteiger partial charge on any atom is 0.328 e. The first kappa shape index (κ1) is 18.0. The Morgan fingerprint density at radius 2 is 1.93 bits per heavy atom. The van der Waals surface area contributed by atoms with E-state index < -0.39 is 6.04 Å². The second-order valence-corrected chi connectivity index (χ2v) is 7.47. The number of esters is 1. The van der Waals surface area contributed by atoms with Gasteiger partial charge in [-0.15, -0.1) is 0 Å². The number of hydrogen-bond acceptors (Lipinski definition) is 5. The molecule has 2 aliphatic rings. The Morgan fingerprint density at radius 3 is 2.67 bits per heavy atom. The zero-order chi connectivity index (χ0) is 19.0. The van der Waals surface area contributed by atoms with Crippen LogP contribution in [-0.4, -0.2) is 84.5 Å². The first-order chi connectivity index (χ1) is 13.1. The third-order valence-corrected chi connectivity index (χ3v) is 5.75. The van der Waals surface area contributed by atoms with Gasteiger partial charge in [-0.2, -0.15) is 0 Å². The molecule has 1 fully saturated rings. The molecule has 7 nitrogen and oxygen atoms in total. The number of H-pyrrole nitrogens is 1. The smallest absolute Gasteiger partial charge is 0.328 e. The van der Waals surface area contributed by atoms with Crippen molar-refractivity contribution >= 4 is 22.8 Å². The highest BCUT2D eigenvalue weighted by Crippen LogP contribution is 2.30. The summed E-state index contributed by atoms with van der Waals surface area (Å²) < 4.78 is 5.01. The normalized spacial score (nSPS) is 21.3. The van der Waals surface area contributed by atoms with Gasteiger partial charge in [0.05, 0.1) is 20.2 Å². The Hall–Kier alpha value is -2.38. The van der Waals surface area contributed by atoms with Crippen molar-refractivity contribution in [3.8, 4) is 0 Å². The number of fused-ring (bicyclic) bond motifs is 3. The number of benzene rings is 1. The zero-order valence-electron chi connectivity index (χ0n) is 15.9. The fourth-order valence-electron chi connectivity index (χ4n) is 4.10. The fraction of sp³-hybridized carbons (Fsp3) is 0.500. The molecule has 144 valence electrons. The van der Waals surface area contributed by atoms with Gasteiger partial charge in [-0.1, -0.05) is 18.2 Å². The zero-order valence-corrected chi connectivity index (χ0v) is 15.9. The third kappa shape index (κ3) is 3.44. The summed E-state index contributed by atoms with van der Waals surface area (Å²) in [5.41, 5.74) is 3.17. The first-order valence-corrected chi connectivity index (χ1v) is 9.43. The number of carbonyl (C=O) groups is 2. The molecular formula is C20H26N4O3. The van der Waals surface area contributed by atoms with Crippen LogP contribution in [0.5, 0.6) is 0 Å². The van der Waals surface area contributed by atoms with E-state index in [1.807, 2.05) is 18.2 Å². The van der Waals surface area contributed by atoms with Crippen molar-refractivity contribution in [1.82, 2.24) is 19.7 Å². The predicted octanol–water partition coefficient (Wildman–Crippen LogP) is 0.842. The predicted molar refractivity (Wildman–Crippen MR) is 102 cm³/mol. The molecule has 1 N–H and O–H groups in total. The molecule has 0 aliphatic carbocycles. The molecule has 1 atom stereocenters.